The molecule has 3 aromatic rings. The van der Waals surface area contributed by atoms with Gasteiger partial charge in [0.2, 0.25) is 6.83 Å². The topological polar surface area (TPSA) is 34.1 Å². The van der Waals surface area contributed by atoms with Crippen LogP contribution in [0.4, 0.5) is 0 Å². The average molecular weight is 404 g/mol. The van der Waals surface area contributed by atoms with Gasteiger partial charge in [0.25, 0.3) is 0 Å². The van der Waals surface area contributed by atoms with Crippen LogP contribution in [0.2, 0.25) is 0 Å². The Morgan fingerprint density at radius 3 is 1.50 bits per heavy atom. The highest BCUT2D eigenvalue weighted by molar-refractivity contribution is 8.44. The number of rotatable bonds is 5. The first kappa shape index (κ1) is 18.9. The van der Waals surface area contributed by atoms with Gasteiger partial charge < -0.3 is 9.13 Å². The average Bonchev–Trinajstić information content (AvgIpc) is 2.80. The van der Waals surface area contributed by atoms with Crippen molar-refractivity contribution < 1.29 is 9.13 Å². The van der Waals surface area contributed by atoms with E-state index in [1.807, 2.05) is 115 Å². The zero-order chi connectivity index (χ0) is 19.5. The molecule has 1 aliphatic rings. The Kier molecular flexibility index (Phi) is 5.36. The van der Waals surface area contributed by atoms with E-state index in [4.69, 9.17) is 0 Å². The maximum Gasteiger partial charge on any atom is 0.202 e. The minimum atomic E-state index is -3.47. The monoisotopic (exact) mass is 404 g/mol. The Balaban J connectivity index is 2.06. The standard InChI is InChI=1S/C24H22O2P2/c25-27(21-13-5-1-6-14-21,22-15-7-2-8-16-22)28(26,23-17-9-3-10-18-23)24-19-11-4-12-20-24/h1-19,24H,20H2/t24-,28?/m1/s1. The van der Waals surface area contributed by atoms with Crippen molar-refractivity contribution >= 4 is 29.6 Å². The molecule has 0 bridgehead atoms. The molecule has 4 heteroatoms. The van der Waals surface area contributed by atoms with Gasteiger partial charge in [-0.3, -0.25) is 0 Å². The van der Waals surface area contributed by atoms with E-state index in [2.05, 4.69) is 0 Å². The van der Waals surface area contributed by atoms with Crippen molar-refractivity contribution in [3.05, 3.63) is 115 Å². The fraction of sp³-hybridized carbons (Fsp3) is 0.0833. The van der Waals surface area contributed by atoms with E-state index in [1.54, 1.807) is 0 Å². The van der Waals surface area contributed by atoms with Crippen LogP contribution in [-0.4, -0.2) is 5.66 Å². The summed E-state index contributed by atoms with van der Waals surface area (Å²) in [4.78, 5) is 0. The number of hydrogen-bond acceptors (Lipinski definition) is 2. The first-order chi connectivity index (χ1) is 13.7. The predicted molar refractivity (Wildman–Crippen MR) is 120 cm³/mol. The summed E-state index contributed by atoms with van der Waals surface area (Å²) in [5, 5.41) is 1.98. The molecule has 0 spiro atoms. The van der Waals surface area contributed by atoms with Crippen molar-refractivity contribution in [2.75, 3.05) is 0 Å². The molecule has 2 atom stereocenters. The van der Waals surface area contributed by atoms with Gasteiger partial charge in [0, 0.05) is 21.6 Å². The van der Waals surface area contributed by atoms with E-state index in [0.29, 0.717) is 22.3 Å². The fourth-order valence-corrected chi connectivity index (χ4v) is 14.4. The molecule has 0 fully saturated rings. The van der Waals surface area contributed by atoms with Gasteiger partial charge in [-0.2, -0.15) is 0 Å². The van der Waals surface area contributed by atoms with Gasteiger partial charge in [-0.15, -0.1) is 0 Å². The SMILES string of the molecule is O=P(c1ccccc1)(c1ccccc1)P(=O)(c1ccccc1)[C@@H]1C=CC=CC1. The van der Waals surface area contributed by atoms with Crippen LogP contribution in [0.5, 0.6) is 0 Å². The first-order valence-corrected chi connectivity index (χ1v) is 13.6. The summed E-state index contributed by atoms with van der Waals surface area (Å²) in [6.45, 7) is -6.86. The van der Waals surface area contributed by atoms with E-state index in [1.165, 1.54) is 0 Å². The van der Waals surface area contributed by atoms with Crippen LogP contribution in [0.15, 0.2) is 115 Å². The molecule has 1 unspecified atom stereocenters. The molecule has 0 radical (unpaired) electrons. The molecule has 140 valence electrons. The summed E-state index contributed by atoms with van der Waals surface area (Å²) in [5.74, 6) is 0. The fourth-order valence-electron chi connectivity index (χ4n) is 3.78. The van der Waals surface area contributed by atoms with Gasteiger partial charge in [0.05, 0.1) is 0 Å². The molecule has 28 heavy (non-hydrogen) atoms. The lowest BCUT2D eigenvalue weighted by atomic mass is 10.2. The smallest absolute Gasteiger partial charge is 0.202 e. The minimum absolute atomic E-state index is 0.300. The minimum Gasteiger partial charge on any atom is -0.309 e. The highest BCUT2D eigenvalue weighted by Crippen LogP contribution is 2.81. The largest absolute Gasteiger partial charge is 0.309 e. The summed E-state index contributed by atoms with van der Waals surface area (Å²) in [5.41, 5.74) is -0.300. The normalized spacial score (nSPS) is 18.5. The van der Waals surface area contributed by atoms with Crippen LogP contribution in [0, 0.1) is 0 Å². The Morgan fingerprint density at radius 1 is 0.607 bits per heavy atom. The number of benzene rings is 3. The molecule has 1 aliphatic carbocycles. The summed E-state index contributed by atoms with van der Waals surface area (Å²) in [6, 6.07) is 28.1. The second kappa shape index (κ2) is 7.92. The third-order valence-electron chi connectivity index (χ3n) is 5.16. The molecular weight excluding hydrogens is 382 g/mol. The highest BCUT2D eigenvalue weighted by atomic mass is 32.1. The van der Waals surface area contributed by atoms with Crippen molar-refractivity contribution in [1.82, 2.24) is 0 Å². The van der Waals surface area contributed by atoms with Crippen molar-refractivity contribution in [2.45, 2.75) is 12.1 Å². The van der Waals surface area contributed by atoms with Gasteiger partial charge in [-0.25, -0.2) is 0 Å². The van der Waals surface area contributed by atoms with Crippen LogP contribution in [0.25, 0.3) is 0 Å². The van der Waals surface area contributed by atoms with E-state index in [9.17, 15) is 0 Å². The van der Waals surface area contributed by atoms with Crippen LogP contribution in [0.3, 0.4) is 0 Å². The van der Waals surface area contributed by atoms with Gasteiger partial charge in [-0.05, 0) is 6.42 Å². The molecule has 0 saturated carbocycles. The zero-order valence-electron chi connectivity index (χ0n) is 15.5. The van der Waals surface area contributed by atoms with Crippen LogP contribution < -0.4 is 15.9 Å². The van der Waals surface area contributed by atoms with Crippen LogP contribution in [-0.2, 0) is 9.13 Å². The predicted octanol–water partition coefficient (Wildman–Crippen LogP) is 5.49. The van der Waals surface area contributed by atoms with Gasteiger partial charge >= 0.3 is 0 Å². The molecule has 0 aliphatic heterocycles. The van der Waals surface area contributed by atoms with E-state index < -0.39 is 13.7 Å². The summed E-state index contributed by atoms with van der Waals surface area (Å²) >= 11 is 0. The van der Waals surface area contributed by atoms with Gasteiger partial charge in [0.15, 0.2) is 6.83 Å². The molecule has 4 rings (SSSR count). The maximum absolute atomic E-state index is 15.0. The Bertz CT molecular complexity index is 1040. The van der Waals surface area contributed by atoms with E-state index in [-0.39, 0.29) is 5.66 Å². The number of hydrogen-bond donors (Lipinski definition) is 0. The molecule has 0 heterocycles. The lowest BCUT2D eigenvalue weighted by Crippen LogP contribution is -2.26. The van der Waals surface area contributed by atoms with E-state index >= 15 is 9.13 Å². The van der Waals surface area contributed by atoms with Crippen molar-refractivity contribution in [1.29, 1.82) is 0 Å². The molecule has 0 aromatic heterocycles. The number of allylic oxidation sites excluding steroid dienone is 4. The quantitative estimate of drug-likeness (QED) is 0.527. The summed E-state index contributed by atoms with van der Waals surface area (Å²) < 4.78 is 30.1. The van der Waals surface area contributed by atoms with Crippen molar-refractivity contribution in [3.63, 3.8) is 0 Å². The lowest BCUT2D eigenvalue weighted by Gasteiger charge is -2.34. The molecular formula is C24H22O2P2. The van der Waals surface area contributed by atoms with Gasteiger partial charge in [-0.1, -0.05) is 115 Å². The highest BCUT2D eigenvalue weighted by Gasteiger charge is 2.51. The zero-order valence-corrected chi connectivity index (χ0v) is 17.3. The second-order valence-electron chi connectivity index (χ2n) is 6.82. The summed E-state index contributed by atoms with van der Waals surface area (Å²) in [7, 11) is 0. The lowest BCUT2D eigenvalue weighted by molar-refractivity contribution is 0.571. The molecule has 0 N–H and O–H groups in total. The molecule has 0 amide bonds. The Labute approximate surface area is 166 Å². The van der Waals surface area contributed by atoms with Crippen molar-refractivity contribution in [3.8, 4) is 0 Å². The van der Waals surface area contributed by atoms with Crippen LogP contribution >= 0.6 is 13.7 Å². The Morgan fingerprint density at radius 2 is 1.07 bits per heavy atom. The molecule has 0 saturated heterocycles. The van der Waals surface area contributed by atoms with Crippen LogP contribution in [0.1, 0.15) is 6.42 Å². The Hall–Kier alpha value is -2.40. The first-order valence-electron chi connectivity index (χ1n) is 9.38. The third-order valence-corrected chi connectivity index (χ3v) is 15.8. The van der Waals surface area contributed by atoms with Gasteiger partial charge in [0.1, 0.15) is 0 Å². The van der Waals surface area contributed by atoms with Crippen molar-refractivity contribution in [2.24, 2.45) is 0 Å². The summed E-state index contributed by atoms with van der Waals surface area (Å²) in [6.07, 6.45) is 8.48. The maximum atomic E-state index is 15.0. The molecule has 2 nitrogen and oxygen atoms in total. The third kappa shape index (κ3) is 3.08. The molecule has 3 aromatic carbocycles. The second-order valence-corrected chi connectivity index (χ2v) is 14.9. The van der Waals surface area contributed by atoms with E-state index in [0.717, 1.165) is 0 Å².